The van der Waals surface area contributed by atoms with Crippen LogP contribution in [0.5, 0.6) is 0 Å². The van der Waals surface area contributed by atoms with Crippen LogP contribution in [0.4, 0.5) is 5.69 Å². The van der Waals surface area contributed by atoms with Crippen molar-refractivity contribution in [2.24, 2.45) is 0 Å². The second-order valence-electron chi connectivity index (χ2n) is 3.44. The third-order valence-corrected chi connectivity index (χ3v) is 2.14. The molecule has 1 unspecified atom stereocenters. The molecular formula is C10H9N3O4. The van der Waals surface area contributed by atoms with Crippen LogP contribution in [0, 0.1) is 10.1 Å². The SMILES string of the molecule is CC(O)c1nc(-c2ccc([N+](=O)[O-])cc2)no1. The van der Waals surface area contributed by atoms with E-state index in [0.29, 0.717) is 5.56 Å². The minimum absolute atomic E-state index is 0.00649. The molecule has 88 valence electrons. The highest BCUT2D eigenvalue weighted by atomic mass is 16.6. The fraction of sp³-hybridized carbons (Fsp3) is 0.200. The molecule has 0 saturated carbocycles. The van der Waals surface area contributed by atoms with Crippen molar-refractivity contribution in [1.29, 1.82) is 0 Å². The molecular weight excluding hydrogens is 226 g/mol. The van der Waals surface area contributed by atoms with Gasteiger partial charge in [-0.25, -0.2) is 0 Å². The molecule has 0 spiro atoms. The van der Waals surface area contributed by atoms with Crippen LogP contribution in [0.2, 0.25) is 0 Å². The number of hydrogen-bond donors (Lipinski definition) is 1. The zero-order valence-corrected chi connectivity index (χ0v) is 8.90. The number of aromatic nitrogens is 2. The smallest absolute Gasteiger partial charge is 0.269 e. The molecule has 0 aliphatic carbocycles. The van der Waals surface area contributed by atoms with Crippen LogP contribution in [-0.4, -0.2) is 20.2 Å². The van der Waals surface area contributed by atoms with E-state index in [1.807, 2.05) is 0 Å². The fourth-order valence-corrected chi connectivity index (χ4v) is 1.25. The molecule has 0 saturated heterocycles. The Hall–Kier alpha value is -2.28. The third kappa shape index (κ3) is 2.28. The van der Waals surface area contributed by atoms with Gasteiger partial charge in [0.2, 0.25) is 5.82 Å². The molecule has 1 heterocycles. The number of hydrogen-bond acceptors (Lipinski definition) is 6. The predicted molar refractivity (Wildman–Crippen MR) is 57.0 cm³/mol. The summed E-state index contributed by atoms with van der Waals surface area (Å²) in [5.74, 6) is 0.397. The van der Waals surface area contributed by atoms with Gasteiger partial charge in [-0.1, -0.05) is 5.16 Å². The van der Waals surface area contributed by atoms with Crippen molar-refractivity contribution in [2.45, 2.75) is 13.0 Å². The van der Waals surface area contributed by atoms with Crippen LogP contribution >= 0.6 is 0 Å². The second-order valence-corrected chi connectivity index (χ2v) is 3.44. The molecule has 0 radical (unpaired) electrons. The highest BCUT2D eigenvalue weighted by molar-refractivity contribution is 5.56. The van der Waals surface area contributed by atoms with Crippen LogP contribution in [-0.2, 0) is 0 Å². The molecule has 0 amide bonds. The number of rotatable bonds is 3. The van der Waals surface area contributed by atoms with Gasteiger partial charge in [-0.3, -0.25) is 10.1 Å². The first-order valence-electron chi connectivity index (χ1n) is 4.84. The number of non-ortho nitro benzene ring substituents is 1. The van der Waals surface area contributed by atoms with Crippen LogP contribution in [0.1, 0.15) is 18.9 Å². The Morgan fingerprint density at radius 1 is 1.41 bits per heavy atom. The van der Waals surface area contributed by atoms with E-state index in [1.54, 1.807) is 0 Å². The van der Waals surface area contributed by atoms with Gasteiger partial charge in [0.05, 0.1) is 4.92 Å². The number of aliphatic hydroxyl groups is 1. The average molecular weight is 235 g/mol. The summed E-state index contributed by atoms with van der Waals surface area (Å²) in [6, 6.07) is 5.76. The lowest BCUT2D eigenvalue weighted by molar-refractivity contribution is -0.384. The molecule has 17 heavy (non-hydrogen) atoms. The van der Waals surface area contributed by atoms with Gasteiger partial charge in [-0.15, -0.1) is 0 Å². The first-order chi connectivity index (χ1) is 8.08. The Morgan fingerprint density at radius 3 is 2.53 bits per heavy atom. The van der Waals surface area contributed by atoms with E-state index >= 15 is 0 Å². The lowest BCUT2D eigenvalue weighted by atomic mass is 10.2. The summed E-state index contributed by atoms with van der Waals surface area (Å²) in [6.07, 6.45) is -0.839. The third-order valence-electron chi connectivity index (χ3n) is 2.14. The quantitative estimate of drug-likeness (QED) is 0.641. The maximum atomic E-state index is 10.5. The minimum Gasteiger partial charge on any atom is -0.384 e. The lowest BCUT2D eigenvalue weighted by Gasteiger charge is -1.94. The van der Waals surface area contributed by atoms with Crippen molar-refractivity contribution in [3.63, 3.8) is 0 Å². The first-order valence-corrected chi connectivity index (χ1v) is 4.84. The zero-order chi connectivity index (χ0) is 12.4. The molecule has 0 fully saturated rings. The monoisotopic (exact) mass is 235 g/mol. The van der Waals surface area contributed by atoms with Gasteiger partial charge in [-0.05, 0) is 19.1 Å². The van der Waals surface area contributed by atoms with Gasteiger partial charge in [0.15, 0.2) is 0 Å². The van der Waals surface area contributed by atoms with Crippen LogP contribution < -0.4 is 0 Å². The van der Waals surface area contributed by atoms with E-state index in [2.05, 4.69) is 10.1 Å². The number of nitro groups is 1. The largest absolute Gasteiger partial charge is 0.384 e. The first kappa shape index (κ1) is 11.2. The summed E-state index contributed by atoms with van der Waals surface area (Å²) in [6.45, 7) is 1.51. The number of aliphatic hydroxyl groups excluding tert-OH is 1. The normalized spacial score (nSPS) is 12.4. The van der Waals surface area contributed by atoms with E-state index in [-0.39, 0.29) is 17.4 Å². The summed E-state index contributed by atoms with van der Waals surface area (Å²) in [7, 11) is 0. The van der Waals surface area contributed by atoms with Crippen molar-refractivity contribution in [2.75, 3.05) is 0 Å². The van der Waals surface area contributed by atoms with Gasteiger partial charge in [0.25, 0.3) is 11.6 Å². The number of nitro benzene ring substituents is 1. The summed E-state index contributed by atoms with van der Waals surface area (Å²) >= 11 is 0. The van der Waals surface area contributed by atoms with E-state index in [9.17, 15) is 15.2 Å². The minimum atomic E-state index is -0.839. The van der Waals surface area contributed by atoms with Crippen molar-refractivity contribution < 1.29 is 14.6 Å². The number of benzene rings is 1. The summed E-state index contributed by atoms with van der Waals surface area (Å²) in [4.78, 5) is 13.9. The van der Waals surface area contributed by atoms with Gasteiger partial charge in [0, 0.05) is 17.7 Å². The summed E-state index contributed by atoms with van der Waals surface area (Å²) in [5.41, 5.74) is 0.583. The Balaban J connectivity index is 2.30. The molecule has 1 N–H and O–H groups in total. The Kier molecular flexibility index (Phi) is 2.84. The topological polar surface area (TPSA) is 102 Å². The predicted octanol–water partition coefficient (Wildman–Crippen LogP) is 1.70. The molecule has 0 aliphatic heterocycles. The summed E-state index contributed by atoms with van der Waals surface area (Å²) in [5, 5.41) is 23.3. The summed E-state index contributed by atoms with van der Waals surface area (Å²) < 4.78 is 4.81. The molecule has 7 nitrogen and oxygen atoms in total. The molecule has 7 heteroatoms. The van der Waals surface area contributed by atoms with Crippen molar-refractivity contribution >= 4 is 5.69 Å². The highest BCUT2D eigenvalue weighted by Gasteiger charge is 2.13. The molecule has 1 aromatic heterocycles. The molecule has 2 rings (SSSR count). The Labute approximate surface area is 95.9 Å². The van der Waals surface area contributed by atoms with E-state index in [4.69, 9.17) is 4.52 Å². The number of nitrogens with zero attached hydrogens (tertiary/aromatic N) is 3. The van der Waals surface area contributed by atoms with Crippen molar-refractivity contribution in [1.82, 2.24) is 10.1 Å². The van der Waals surface area contributed by atoms with E-state index in [1.165, 1.54) is 31.2 Å². The van der Waals surface area contributed by atoms with Gasteiger partial charge in [-0.2, -0.15) is 4.98 Å². The molecule has 0 bridgehead atoms. The lowest BCUT2D eigenvalue weighted by Crippen LogP contribution is -1.91. The Morgan fingerprint density at radius 2 is 2.06 bits per heavy atom. The maximum absolute atomic E-state index is 10.5. The molecule has 0 aliphatic rings. The molecule has 1 atom stereocenters. The highest BCUT2D eigenvalue weighted by Crippen LogP contribution is 2.21. The fourth-order valence-electron chi connectivity index (χ4n) is 1.25. The average Bonchev–Trinajstić information content (AvgIpc) is 2.78. The molecule has 2 aromatic rings. The van der Waals surface area contributed by atoms with Crippen LogP contribution in [0.3, 0.4) is 0 Å². The van der Waals surface area contributed by atoms with Crippen molar-refractivity contribution in [3.8, 4) is 11.4 Å². The van der Waals surface area contributed by atoms with Gasteiger partial charge in [0.1, 0.15) is 6.10 Å². The van der Waals surface area contributed by atoms with Crippen LogP contribution in [0.15, 0.2) is 28.8 Å². The second kappa shape index (κ2) is 4.30. The van der Waals surface area contributed by atoms with E-state index in [0.717, 1.165) is 0 Å². The van der Waals surface area contributed by atoms with Gasteiger partial charge < -0.3 is 9.63 Å². The standard InChI is InChI=1S/C10H9N3O4/c1-6(14)10-11-9(12-17-10)7-2-4-8(5-3-7)13(15)16/h2-6,14H,1H3. The van der Waals surface area contributed by atoms with Crippen molar-refractivity contribution in [3.05, 3.63) is 40.3 Å². The molecule has 1 aromatic carbocycles. The van der Waals surface area contributed by atoms with E-state index < -0.39 is 11.0 Å². The maximum Gasteiger partial charge on any atom is 0.269 e. The van der Waals surface area contributed by atoms with Gasteiger partial charge >= 0.3 is 0 Å². The Bertz CT molecular complexity index is 533. The zero-order valence-electron chi connectivity index (χ0n) is 8.90. The van der Waals surface area contributed by atoms with Crippen LogP contribution in [0.25, 0.3) is 11.4 Å².